The minimum atomic E-state index is -0.407. The van der Waals surface area contributed by atoms with Gasteiger partial charge in [-0.15, -0.1) is 0 Å². The number of amides is 2. The van der Waals surface area contributed by atoms with Crippen molar-refractivity contribution in [2.45, 2.75) is 38.3 Å². The van der Waals surface area contributed by atoms with E-state index in [0.29, 0.717) is 19.6 Å². The molecule has 6 heteroatoms. The highest BCUT2D eigenvalue weighted by Gasteiger charge is 2.33. The molecule has 2 amide bonds. The van der Waals surface area contributed by atoms with Gasteiger partial charge >= 0.3 is 0 Å². The highest BCUT2D eigenvalue weighted by Crippen LogP contribution is 2.26. The Hall–Kier alpha value is -1.95. The van der Waals surface area contributed by atoms with Crippen LogP contribution in [0.5, 0.6) is 0 Å². The molecular weight excluding hydrogens is 282 g/mol. The molecule has 2 unspecified atom stereocenters. The van der Waals surface area contributed by atoms with Gasteiger partial charge in [-0.05, 0) is 24.5 Å². The summed E-state index contributed by atoms with van der Waals surface area (Å²) in [4.78, 5) is 30.3. The average molecular weight is 303 g/mol. The molecule has 0 radical (unpaired) electrons. The normalized spacial score (nSPS) is 24.0. The van der Waals surface area contributed by atoms with Gasteiger partial charge in [-0.2, -0.15) is 0 Å². The summed E-state index contributed by atoms with van der Waals surface area (Å²) in [7, 11) is 0. The zero-order chi connectivity index (χ0) is 15.5. The molecule has 1 aromatic rings. The fraction of sp³-hybridized carbons (Fsp3) is 0.562. The molecule has 2 aliphatic rings. The van der Waals surface area contributed by atoms with E-state index in [0.717, 1.165) is 30.7 Å². The van der Waals surface area contributed by atoms with Gasteiger partial charge in [-0.3, -0.25) is 14.6 Å². The van der Waals surface area contributed by atoms with Gasteiger partial charge in [0, 0.05) is 39.4 Å². The van der Waals surface area contributed by atoms with E-state index in [9.17, 15) is 9.59 Å². The lowest BCUT2D eigenvalue weighted by Gasteiger charge is -2.32. The Labute approximate surface area is 129 Å². The van der Waals surface area contributed by atoms with E-state index in [1.54, 1.807) is 11.1 Å². The minimum Gasteiger partial charge on any atom is -0.376 e. The maximum absolute atomic E-state index is 12.5. The van der Waals surface area contributed by atoms with Gasteiger partial charge in [0.05, 0.1) is 17.7 Å². The number of fused-ring (bicyclic) bond motifs is 1. The molecule has 0 bridgehead atoms. The molecule has 1 aromatic heterocycles. The van der Waals surface area contributed by atoms with Crippen molar-refractivity contribution in [3.8, 4) is 0 Å². The lowest BCUT2D eigenvalue weighted by molar-refractivity contribution is -0.131. The highest BCUT2D eigenvalue weighted by molar-refractivity contribution is 5.85. The van der Waals surface area contributed by atoms with Crippen molar-refractivity contribution in [2.24, 2.45) is 0 Å². The Morgan fingerprint density at radius 1 is 1.50 bits per heavy atom. The predicted molar refractivity (Wildman–Crippen MR) is 80.1 cm³/mol. The standard InChI is InChI=1S/C16H21N3O3/c1-11(20)19-9-12-4-2-6-17-15(12)14(10-19)16(21)18-8-13-5-3-7-22-13/h2,4,6,13-14H,3,5,7-10H2,1H3,(H,18,21). The van der Waals surface area contributed by atoms with E-state index in [1.807, 2.05) is 12.1 Å². The van der Waals surface area contributed by atoms with Crippen LogP contribution in [-0.2, 0) is 20.9 Å². The summed E-state index contributed by atoms with van der Waals surface area (Å²) in [6, 6.07) is 3.77. The summed E-state index contributed by atoms with van der Waals surface area (Å²) >= 11 is 0. The second-order valence-corrected chi connectivity index (χ2v) is 5.88. The van der Waals surface area contributed by atoms with E-state index >= 15 is 0 Å². The number of rotatable bonds is 3. The third kappa shape index (κ3) is 3.11. The SMILES string of the molecule is CC(=O)N1Cc2cccnc2C(C(=O)NCC2CCCO2)C1. The van der Waals surface area contributed by atoms with Crippen molar-refractivity contribution in [3.63, 3.8) is 0 Å². The van der Waals surface area contributed by atoms with E-state index in [4.69, 9.17) is 4.74 Å². The molecule has 1 saturated heterocycles. The van der Waals surface area contributed by atoms with Crippen molar-refractivity contribution in [1.29, 1.82) is 0 Å². The number of pyridine rings is 1. The molecule has 1 fully saturated rings. The van der Waals surface area contributed by atoms with Crippen LogP contribution in [0.3, 0.4) is 0 Å². The van der Waals surface area contributed by atoms with Crippen molar-refractivity contribution in [1.82, 2.24) is 15.2 Å². The molecule has 3 heterocycles. The Morgan fingerprint density at radius 2 is 2.36 bits per heavy atom. The predicted octanol–water partition coefficient (Wildman–Crippen LogP) is 0.822. The second kappa shape index (κ2) is 6.44. The van der Waals surface area contributed by atoms with E-state index in [-0.39, 0.29) is 17.9 Å². The second-order valence-electron chi connectivity index (χ2n) is 5.88. The first kappa shape index (κ1) is 15.0. The highest BCUT2D eigenvalue weighted by atomic mass is 16.5. The van der Waals surface area contributed by atoms with Crippen LogP contribution in [-0.4, -0.2) is 47.5 Å². The zero-order valence-electron chi connectivity index (χ0n) is 12.7. The molecular formula is C16H21N3O3. The van der Waals surface area contributed by atoms with Gasteiger partial charge in [-0.1, -0.05) is 6.07 Å². The largest absolute Gasteiger partial charge is 0.376 e. The molecule has 2 aliphatic heterocycles. The summed E-state index contributed by atoms with van der Waals surface area (Å²) in [6.45, 7) is 3.73. The number of nitrogens with one attached hydrogen (secondary N) is 1. The molecule has 118 valence electrons. The smallest absolute Gasteiger partial charge is 0.231 e. The van der Waals surface area contributed by atoms with Crippen molar-refractivity contribution >= 4 is 11.8 Å². The summed E-state index contributed by atoms with van der Waals surface area (Å²) in [6.07, 6.45) is 3.84. The Bertz CT molecular complexity index is 570. The summed E-state index contributed by atoms with van der Waals surface area (Å²) < 4.78 is 5.52. The Balaban J connectivity index is 1.72. The lowest BCUT2D eigenvalue weighted by atomic mass is 9.93. The van der Waals surface area contributed by atoms with Crippen molar-refractivity contribution < 1.29 is 14.3 Å². The van der Waals surface area contributed by atoms with Gasteiger partial charge in [0.25, 0.3) is 0 Å². The van der Waals surface area contributed by atoms with Crippen molar-refractivity contribution in [2.75, 3.05) is 19.7 Å². The lowest BCUT2D eigenvalue weighted by Crippen LogP contribution is -2.44. The number of hydrogen-bond acceptors (Lipinski definition) is 4. The van der Waals surface area contributed by atoms with Crippen LogP contribution in [0, 0.1) is 0 Å². The molecule has 0 spiro atoms. The van der Waals surface area contributed by atoms with Crippen LogP contribution in [0.4, 0.5) is 0 Å². The molecule has 0 saturated carbocycles. The van der Waals surface area contributed by atoms with Crippen LogP contribution in [0.25, 0.3) is 0 Å². The Kier molecular flexibility index (Phi) is 4.38. The number of nitrogens with zero attached hydrogens (tertiary/aromatic N) is 2. The fourth-order valence-electron chi connectivity index (χ4n) is 3.07. The third-order valence-corrected chi connectivity index (χ3v) is 4.31. The first-order valence-corrected chi connectivity index (χ1v) is 7.74. The average Bonchev–Trinajstić information content (AvgIpc) is 3.04. The zero-order valence-corrected chi connectivity index (χ0v) is 12.7. The minimum absolute atomic E-state index is 0.0218. The topological polar surface area (TPSA) is 71.5 Å². The van der Waals surface area contributed by atoms with Crippen molar-refractivity contribution in [3.05, 3.63) is 29.6 Å². The monoisotopic (exact) mass is 303 g/mol. The number of carbonyl (C=O) groups is 2. The number of ether oxygens (including phenoxy) is 1. The molecule has 22 heavy (non-hydrogen) atoms. The van der Waals surface area contributed by atoms with Crippen LogP contribution < -0.4 is 5.32 Å². The molecule has 0 aromatic carbocycles. The first-order valence-electron chi connectivity index (χ1n) is 7.74. The van der Waals surface area contributed by atoms with Crippen LogP contribution >= 0.6 is 0 Å². The van der Waals surface area contributed by atoms with E-state index in [2.05, 4.69) is 10.3 Å². The molecule has 2 atom stereocenters. The van der Waals surface area contributed by atoms with Crippen LogP contribution in [0.15, 0.2) is 18.3 Å². The number of aromatic nitrogens is 1. The van der Waals surface area contributed by atoms with Gasteiger partial charge < -0.3 is 15.0 Å². The quantitative estimate of drug-likeness (QED) is 0.897. The van der Waals surface area contributed by atoms with Gasteiger partial charge in [-0.25, -0.2) is 0 Å². The molecule has 6 nitrogen and oxygen atoms in total. The van der Waals surface area contributed by atoms with Crippen LogP contribution in [0.1, 0.15) is 36.9 Å². The molecule has 3 rings (SSSR count). The van der Waals surface area contributed by atoms with Gasteiger partial charge in [0.15, 0.2) is 0 Å². The third-order valence-electron chi connectivity index (χ3n) is 4.31. The number of hydrogen-bond donors (Lipinski definition) is 1. The maximum Gasteiger partial charge on any atom is 0.231 e. The summed E-state index contributed by atoms with van der Waals surface area (Å²) in [5, 5.41) is 2.95. The fourth-order valence-corrected chi connectivity index (χ4v) is 3.07. The van der Waals surface area contributed by atoms with Crippen LogP contribution in [0.2, 0.25) is 0 Å². The molecule has 0 aliphatic carbocycles. The number of carbonyl (C=O) groups excluding carboxylic acids is 2. The van der Waals surface area contributed by atoms with Gasteiger partial charge in [0.1, 0.15) is 0 Å². The van der Waals surface area contributed by atoms with E-state index in [1.165, 1.54) is 6.92 Å². The first-order chi connectivity index (χ1) is 10.6. The summed E-state index contributed by atoms with van der Waals surface area (Å²) in [5.74, 6) is -0.511. The summed E-state index contributed by atoms with van der Waals surface area (Å²) in [5.41, 5.74) is 1.73. The maximum atomic E-state index is 12.5. The van der Waals surface area contributed by atoms with Gasteiger partial charge in [0.2, 0.25) is 11.8 Å². The molecule has 1 N–H and O–H groups in total. The van der Waals surface area contributed by atoms with E-state index < -0.39 is 5.92 Å². The Morgan fingerprint density at radius 3 is 3.09 bits per heavy atom.